The lowest BCUT2D eigenvalue weighted by Crippen LogP contribution is -2.40. The second kappa shape index (κ2) is 3.22. The van der Waals surface area contributed by atoms with Gasteiger partial charge < -0.3 is 4.90 Å². The third kappa shape index (κ3) is 1.48. The van der Waals surface area contributed by atoms with Gasteiger partial charge in [-0.3, -0.25) is 10.1 Å². The Morgan fingerprint density at radius 2 is 2.12 bits per heavy atom. The first-order valence-electron chi connectivity index (χ1n) is 6.64. The summed E-state index contributed by atoms with van der Waals surface area (Å²) in [6.45, 7) is 6.72. The zero-order chi connectivity index (χ0) is 11.5. The molecule has 0 aromatic heterocycles. The van der Waals surface area contributed by atoms with Gasteiger partial charge in [0.05, 0.1) is 11.7 Å². The van der Waals surface area contributed by atoms with Gasteiger partial charge in [0.25, 0.3) is 0 Å². The molecule has 0 aromatic carbocycles. The van der Waals surface area contributed by atoms with Crippen LogP contribution in [0.25, 0.3) is 0 Å². The molecule has 0 radical (unpaired) electrons. The molecule has 3 fully saturated rings. The largest absolute Gasteiger partial charge is 0.322 e. The summed E-state index contributed by atoms with van der Waals surface area (Å²) in [5.41, 5.74) is -0.123. The molecule has 1 spiro atoms. The maximum absolute atomic E-state index is 12.4. The summed E-state index contributed by atoms with van der Waals surface area (Å²) in [6, 6.07) is 0.531. The fourth-order valence-electron chi connectivity index (χ4n) is 3.01. The number of nitrogens with one attached hydrogen (secondary N) is 1. The van der Waals surface area contributed by atoms with Crippen LogP contribution in [-0.2, 0) is 4.79 Å². The summed E-state index contributed by atoms with van der Waals surface area (Å²) < 4.78 is 0. The lowest BCUT2D eigenvalue weighted by molar-refractivity contribution is -0.131. The van der Waals surface area contributed by atoms with Gasteiger partial charge in [-0.15, -0.1) is 0 Å². The van der Waals surface area contributed by atoms with Gasteiger partial charge >= 0.3 is 0 Å². The zero-order valence-corrected chi connectivity index (χ0v) is 10.5. The van der Waals surface area contributed by atoms with E-state index in [0.717, 1.165) is 19.3 Å². The molecule has 1 N–H and O–H groups in total. The predicted octanol–water partition coefficient (Wildman–Crippen LogP) is 1.73. The number of carbonyl (C=O) groups is 1. The smallest absolute Gasteiger partial charge is 0.244 e. The molecule has 90 valence electrons. The van der Waals surface area contributed by atoms with Crippen LogP contribution in [0, 0.1) is 11.8 Å². The van der Waals surface area contributed by atoms with Crippen molar-refractivity contribution in [3.63, 3.8) is 0 Å². The lowest BCUT2D eigenvalue weighted by atomic mass is 10.1. The van der Waals surface area contributed by atoms with Gasteiger partial charge in [-0.05, 0) is 37.5 Å². The van der Waals surface area contributed by atoms with Crippen molar-refractivity contribution in [2.45, 2.75) is 64.2 Å². The molecule has 1 aliphatic heterocycles. The van der Waals surface area contributed by atoms with Crippen LogP contribution < -0.4 is 5.32 Å². The average Bonchev–Trinajstić information content (AvgIpc) is 3.04. The van der Waals surface area contributed by atoms with Crippen molar-refractivity contribution in [1.82, 2.24) is 10.2 Å². The van der Waals surface area contributed by atoms with Crippen LogP contribution in [0.5, 0.6) is 0 Å². The molecule has 1 amide bonds. The highest BCUT2D eigenvalue weighted by Crippen LogP contribution is 2.48. The van der Waals surface area contributed by atoms with Crippen molar-refractivity contribution >= 4 is 5.91 Å². The molecular weight excluding hydrogens is 200 g/mol. The number of nitrogens with zero attached hydrogens (tertiary/aromatic N) is 1. The van der Waals surface area contributed by atoms with E-state index in [-0.39, 0.29) is 5.54 Å². The van der Waals surface area contributed by atoms with E-state index in [9.17, 15) is 4.79 Å². The highest BCUT2D eigenvalue weighted by molar-refractivity contribution is 5.92. The Bertz CT molecular complexity index is 322. The van der Waals surface area contributed by atoms with Gasteiger partial charge in [0, 0.05) is 6.04 Å². The number of amides is 1. The van der Waals surface area contributed by atoms with Crippen molar-refractivity contribution in [2.24, 2.45) is 11.8 Å². The van der Waals surface area contributed by atoms with E-state index in [1.54, 1.807) is 0 Å². The molecule has 0 aromatic rings. The van der Waals surface area contributed by atoms with E-state index in [1.165, 1.54) is 6.42 Å². The number of hydrogen-bond acceptors (Lipinski definition) is 2. The van der Waals surface area contributed by atoms with E-state index in [1.807, 2.05) is 0 Å². The van der Waals surface area contributed by atoms with Crippen LogP contribution >= 0.6 is 0 Å². The van der Waals surface area contributed by atoms with Crippen molar-refractivity contribution in [3.8, 4) is 0 Å². The normalized spacial score (nSPS) is 39.9. The molecule has 3 aliphatic rings. The van der Waals surface area contributed by atoms with Gasteiger partial charge in [0.15, 0.2) is 0 Å². The standard InChI is InChI=1S/C13H22N2O/c1-8(2)6-11-14-13(4-5-13)12(16)15(11)10-7-9(10)3/h8-11,14H,4-7H2,1-3H3. The molecule has 3 nitrogen and oxygen atoms in total. The summed E-state index contributed by atoms with van der Waals surface area (Å²) in [4.78, 5) is 14.6. The predicted molar refractivity (Wildman–Crippen MR) is 62.8 cm³/mol. The summed E-state index contributed by atoms with van der Waals surface area (Å²) in [5, 5.41) is 3.59. The van der Waals surface area contributed by atoms with Gasteiger partial charge in [-0.1, -0.05) is 20.8 Å². The minimum atomic E-state index is -0.123. The molecule has 3 rings (SSSR count). The van der Waals surface area contributed by atoms with E-state index in [0.29, 0.717) is 30.0 Å². The quantitative estimate of drug-likeness (QED) is 0.788. The Morgan fingerprint density at radius 3 is 2.56 bits per heavy atom. The molecule has 16 heavy (non-hydrogen) atoms. The Labute approximate surface area is 97.6 Å². The fraction of sp³-hybridized carbons (Fsp3) is 0.923. The zero-order valence-electron chi connectivity index (χ0n) is 10.5. The van der Waals surface area contributed by atoms with Crippen molar-refractivity contribution in [3.05, 3.63) is 0 Å². The van der Waals surface area contributed by atoms with Crippen LogP contribution in [0.3, 0.4) is 0 Å². The Hall–Kier alpha value is -0.570. The number of rotatable bonds is 3. The second-order valence-corrected chi connectivity index (χ2v) is 6.36. The maximum Gasteiger partial charge on any atom is 0.244 e. The van der Waals surface area contributed by atoms with Crippen molar-refractivity contribution in [1.29, 1.82) is 0 Å². The van der Waals surface area contributed by atoms with E-state index < -0.39 is 0 Å². The van der Waals surface area contributed by atoms with Crippen LogP contribution in [0.15, 0.2) is 0 Å². The third-order valence-electron chi connectivity index (χ3n) is 4.29. The molecule has 1 saturated heterocycles. The first-order chi connectivity index (χ1) is 7.53. The van der Waals surface area contributed by atoms with Gasteiger partial charge in [0.2, 0.25) is 5.91 Å². The van der Waals surface area contributed by atoms with Crippen LogP contribution in [0.2, 0.25) is 0 Å². The Balaban J connectivity index is 1.78. The summed E-state index contributed by atoms with van der Waals surface area (Å²) >= 11 is 0. The molecule has 1 heterocycles. The van der Waals surface area contributed by atoms with E-state index >= 15 is 0 Å². The number of carbonyl (C=O) groups excluding carboxylic acids is 1. The van der Waals surface area contributed by atoms with Crippen LogP contribution in [-0.4, -0.2) is 28.6 Å². The summed E-state index contributed by atoms with van der Waals surface area (Å²) in [5.74, 6) is 1.76. The molecule has 2 saturated carbocycles. The third-order valence-corrected chi connectivity index (χ3v) is 4.29. The van der Waals surface area contributed by atoms with Crippen molar-refractivity contribution in [2.75, 3.05) is 0 Å². The minimum Gasteiger partial charge on any atom is -0.322 e. The topological polar surface area (TPSA) is 32.3 Å². The first kappa shape index (κ1) is 10.6. The highest BCUT2D eigenvalue weighted by atomic mass is 16.2. The van der Waals surface area contributed by atoms with Crippen LogP contribution in [0.1, 0.15) is 46.5 Å². The highest BCUT2D eigenvalue weighted by Gasteiger charge is 2.62. The maximum atomic E-state index is 12.4. The van der Waals surface area contributed by atoms with E-state index in [2.05, 4.69) is 31.0 Å². The summed E-state index contributed by atoms with van der Waals surface area (Å²) in [6.07, 6.45) is 4.72. The molecule has 2 aliphatic carbocycles. The van der Waals surface area contributed by atoms with Crippen LogP contribution in [0.4, 0.5) is 0 Å². The summed E-state index contributed by atoms with van der Waals surface area (Å²) in [7, 11) is 0. The Morgan fingerprint density at radius 1 is 1.50 bits per heavy atom. The minimum absolute atomic E-state index is 0.123. The van der Waals surface area contributed by atoms with Gasteiger partial charge in [0.1, 0.15) is 0 Å². The Kier molecular flexibility index (Phi) is 2.13. The fourth-order valence-corrected chi connectivity index (χ4v) is 3.01. The number of hydrogen-bond donors (Lipinski definition) is 1. The molecule has 3 unspecified atom stereocenters. The van der Waals surface area contributed by atoms with Gasteiger partial charge in [-0.25, -0.2) is 0 Å². The second-order valence-electron chi connectivity index (χ2n) is 6.36. The lowest BCUT2D eigenvalue weighted by Gasteiger charge is -2.25. The SMILES string of the molecule is CC(C)CC1NC2(CC2)C(=O)N1C1CC1C. The van der Waals surface area contributed by atoms with E-state index in [4.69, 9.17) is 0 Å². The van der Waals surface area contributed by atoms with Crippen molar-refractivity contribution < 1.29 is 4.79 Å². The molecule has 0 bridgehead atoms. The average molecular weight is 222 g/mol. The molecule has 3 heteroatoms. The monoisotopic (exact) mass is 222 g/mol. The first-order valence-corrected chi connectivity index (χ1v) is 6.64. The van der Waals surface area contributed by atoms with Gasteiger partial charge in [-0.2, -0.15) is 0 Å². The molecular formula is C13H22N2O. The molecule has 3 atom stereocenters.